The van der Waals surface area contributed by atoms with E-state index in [1.807, 2.05) is 40.3 Å². The summed E-state index contributed by atoms with van der Waals surface area (Å²) in [7, 11) is 9.62. The van der Waals surface area contributed by atoms with Gasteiger partial charge < -0.3 is 19.9 Å². The first kappa shape index (κ1) is 18.6. The average molecular weight is 340 g/mol. The van der Waals surface area contributed by atoms with Gasteiger partial charge in [-0.1, -0.05) is 24.3 Å². The van der Waals surface area contributed by atoms with Crippen molar-refractivity contribution < 1.29 is 4.74 Å². The number of aliphatic imine (C=N–C) groups is 1. The van der Waals surface area contributed by atoms with Crippen LogP contribution in [0.1, 0.15) is 11.1 Å². The van der Waals surface area contributed by atoms with Crippen LogP contribution in [0.25, 0.3) is 0 Å². The molecule has 5 heteroatoms. The molecule has 2 rings (SSSR count). The number of hydrogen-bond acceptors (Lipinski definition) is 3. The Morgan fingerprint density at radius 3 is 2.36 bits per heavy atom. The third kappa shape index (κ3) is 5.41. The topological polar surface area (TPSA) is 40.1 Å². The number of benzene rings is 2. The molecular weight excluding hydrogens is 312 g/mol. The minimum atomic E-state index is 0.737. The summed E-state index contributed by atoms with van der Waals surface area (Å²) in [5.74, 6) is 1.74. The summed E-state index contributed by atoms with van der Waals surface area (Å²) in [6, 6.07) is 16.6. The molecule has 0 radical (unpaired) electrons. The molecule has 0 saturated carbocycles. The quantitative estimate of drug-likeness (QED) is 0.648. The number of nitrogens with one attached hydrogen (secondary N) is 1. The second-order valence-electron chi connectivity index (χ2n) is 6.17. The highest BCUT2D eigenvalue weighted by Crippen LogP contribution is 2.14. The molecule has 25 heavy (non-hydrogen) atoms. The third-order valence-electron chi connectivity index (χ3n) is 4.03. The van der Waals surface area contributed by atoms with Gasteiger partial charge in [0, 0.05) is 47.0 Å². The van der Waals surface area contributed by atoms with E-state index in [4.69, 9.17) is 4.74 Å². The number of hydrogen-bond donors (Lipinski definition) is 1. The number of anilines is 1. The molecular formula is C20H28N4O. The second-order valence-corrected chi connectivity index (χ2v) is 6.17. The van der Waals surface area contributed by atoms with Gasteiger partial charge in [-0.15, -0.1) is 0 Å². The van der Waals surface area contributed by atoms with E-state index in [9.17, 15) is 0 Å². The van der Waals surface area contributed by atoms with Crippen molar-refractivity contribution in [2.45, 2.75) is 13.1 Å². The molecule has 0 amide bonds. The SMILES string of the molecule is CN=C(NCc1cccc(N(C)C)c1)N(C)Cc1ccc(OC)cc1. The van der Waals surface area contributed by atoms with E-state index in [-0.39, 0.29) is 0 Å². The van der Waals surface area contributed by atoms with E-state index in [1.165, 1.54) is 16.8 Å². The predicted octanol–water partition coefficient (Wildman–Crippen LogP) is 2.97. The van der Waals surface area contributed by atoms with Gasteiger partial charge in [0.05, 0.1) is 7.11 Å². The van der Waals surface area contributed by atoms with Gasteiger partial charge in [-0.25, -0.2) is 0 Å². The number of methoxy groups -OCH3 is 1. The summed E-state index contributed by atoms with van der Waals surface area (Å²) in [5, 5.41) is 3.43. The Labute approximate surface area is 150 Å². The van der Waals surface area contributed by atoms with Gasteiger partial charge >= 0.3 is 0 Å². The number of ether oxygens (including phenoxy) is 1. The number of guanidine groups is 1. The highest BCUT2D eigenvalue weighted by molar-refractivity contribution is 5.79. The van der Waals surface area contributed by atoms with Crippen molar-refractivity contribution in [2.75, 3.05) is 40.2 Å². The summed E-state index contributed by atoms with van der Waals surface area (Å²) >= 11 is 0. The lowest BCUT2D eigenvalue weighted by Crippen LogP contribution is -2.38. The van der Waals surface area contributed by atoms with Crippen LogP contribution in [-0.4, -0.2) is 46.2 Å². The van der Waals surface area contributed by atoms with Gasteiger partial charge in [0.2, 0.25) is 0 Å². The zero-order valence-electron chi connectivity index (χ0n) is 15.8. The zero-order valence-corrected chi connectivity index (χ0v) is 15.8. The molecule has 0 saturated heterocycles. The summed E-state index contributed by atoms with van der Waals surface area (Å²) in [4.78, 5) is 8.60. The molecule has 0 atom stereocenters. The third-order valence-corrected chi connectivity index (χ3v) is 4.03. The van der Waals surface area contributed by atoms with Gasteiger partial charge in [-0.3, -0.25) is 4.99 Å². The normalized spacial score (nSPS) is 11.2. The first-order chi connectivity index (χ1) is 12.0. The van der Waals surface area contributed by atoms with Crippen LogP contribution in [-0.2, 0) is 13.1 Å². The van der Waals surface area contributed by atoms with Crippen molar-refractivity contribution >= 4 is 11.6 Å². The number of nitrogens with zero attached hydrogens (tertiary/aromatic N) is 3. The van der Waals surface area contributed by atoms with Gasteiger partial charge in [0.25, 0.3) is 0 Å². The molecule has 1 N–H and O–H groups in total. The molecule has 5 nitrogen and oxygen atoms in total. The molecule has 0 heterocycles. The summed E-state index contributed by atoms with van der Waals surface area (Å²) < 4.78 is 5.20. The van der Waals surface area contributed by atoms with Crippen LogP contribution in [0.15, 0.2) is 53.5 Å². The van der Waals surface area contributed by atoms with Crippen molar-refractivity contribution in [3.63, 3.8) is 0 Å². The maximum absolute atomic E-state index is 5.20. The molecule has 0 aliphatic heterocycles. The lowest BCUT2D eigenvalue weighted by molar-refractivity contribution is 0.414. The maximum Gasteiger partial charge on any atom is 0.193 e. The van der Waals surface area contributed by atoms with E-state index in [0.717, 1.165) is 24.8 Å². The summed E-state index contributed by atoms with van der Waals surface area (Å²) in [5.41, 5.74) is 3.63. The molecule has 0 fully saturated rings. The summed E-state index contributed by atoms with van der Waals surface area (Å²) in [6.07, 6.45) is 0. The smallest absolute Gasteiger partial charge is 0.193 e. The molecule has 0 aliphatic carbocycles. The van der Waals surface area contributed by atoms with Crippen LogP contribution in [0.2, 0.25) is 0 Å². The first-order valence-corrected chi connectivity index (χ1v) is 8.34. The van der Waals surface area contributed by atoms with Crippen LogP contribution in [0.3, 0.4) is 0 Å². The van der Waals surface area contributed by atoms with E-state index in [1.54, 1.807) is 7.11 Å². The van der Waals surface area contributed by atoms with Crippen molar-refractivity contribution in [1.82, 2.24) is 10.2 Å². The van der Waals surface area contributed by atoms with Crippen molar-refractivity contribution in [3.05, 3.63) is 59.7 Å². The van der Waals surface area contributed by atoms with Crippen molar-refractivity contribution in [1.29, 1.82) is 0 Å². The average Bonchev–Trinajstić information content (AvgIpc) is 2.63. The Balaban J connectivity index is 1.95. The first-order valence-electron chi connectivity index (χ1n) is 8.34. The molecule has 0 unspecified atom stereocenters. The van der Waals surface area contributed by atoms with E-state index < -0.39 is 0 Å². The molecule has 0 spiro atoms. The van der Waals surface area contributed by atoms with Gasteiger partial charge in [-0.2, -0.15) is 0 Å². The van der Waals surface area contributed by atoms with Crippen molar-refractivity contribution in [2.24, 2.45) is 4.99 Å². The van der Waals surface area contributed by atoms with Crippen LogP contribution >= 0.6 is 0 Å². The van der Waals surface area contributed by atoms with Crippen molar-refractivity contribution in [3.8, 4) is 5.75 Å². The minimum Gasteiger partial charge on any atom is -0.497 e. The lowest BCUT2D eigenvalue weighted by Gasteiger charge is -2.22. The highest BCUT2D eigenvalue weighted by Gasteiger charge is 2.07. The molecule has 0 aliphatic rings. The van der Waals surface area contributed by atoms with Gasteiger partial charge in [0.15, 0.2) is 5.96 Å². The Morgan fingerprint density at radius 2 is 1.76 bits per heavy atom. The van der Waals surface area contributed by atoms with Gasteiger partial charge in [-0.05, 0) is 35.4 Å². The Morgan fingerprint density at radius 1 is 1.04 bits per heavy atom. The molecule has 134 valence electrons. The fourth-order valence-corrected chi connectivity index (χ4v) is 2.59. The van der Waals surface area contributed by atoms with E-state index >= 15 is 0 Å². The predicted molar refractivity (Wildman–Crippen MR) is 105 cm³/mol. The largest absolute Gasteiger partial charge is 0.497 e. The number of rotatable bonds is 6. The fourth-order valence-electron chi connectivity index (χ4n) is 2.59. The van der Waals surface area contributed by atoms with Crippen LogP contribution in [0.4, 0.5) is 5.69 Å². The molecule has 0 aromatic heterocycles. The zero-order chi connectivity index (χ0) is 18.2. The molecule has 2 aromatic rings. The Bertz CT molecular complexity index is 695. The molecule has 2 aromatic carbocycles. The fraction of sp³-hybridized carbons (Fsp3) is 0.350. The Hall–Kier alpha value is -2.69. The second kappa shape index (κ2) is 8.97. The van der Waals surface area contributed by atoms with Gasteiger partial charge in [0.1, 0.15) is 5.75 Å². The Kier molecular flexibility index (Phi) is 6.69. The summed E-state index contributed by atoms with van der Waals surface area (Å²) in [6.45, 7) is 1.52. The molecule has 0 bridgehead atoms. The van der Waals surface area contributed by atoms with Crippen LogP contribution in [0, 0.1) is 0 Å². The van der Waals surface area contributed by atoms with Crippen LogP contribution in [0.5, 0.6) is 5.75 Å². The highest BCUT2D eigenvalue weighted by atomic mass is 16.5. The maximum atomic E-state index is 5.20. The standard InChI is InChI=1S/C20H28N4O/c1-21-20(22-14-17-7-6-8-18(13-17)23(2)3)24(4)15-16-9-11-19(25-5)12-10-16/h6-13H,14-15H2,1-5H3,(H,21,22). The van der Waals surface area contributed by atoms with E-state index in [2.05, 4.69) is 56.5 Å². The monoisotopic (exact) mass is 340 g/mol. The van der Waals surface area contributed by atoms with E-state index in [0.29, 0.717) is 0 Å². The lowest BCUT2D eigenvalue weighted by atomic mass is 10.2. The van der Waals surface area contributed by atoms with Crippen LogP contribution < -0.4 is 15.0 Å². The minimum absolute atomic E-state index is 0.737.